The predicted molar refractivity (Wildman–Crippen MR) is 92.6 cm³/mol. The highest BCUT2D eigenvalue weighted by Gasteiger charge is 2.19. The van der Waals surface area contributed by atoms with Gasteiger partial charge in [-0.15, -0.1) is 0 Å². The molecule has 0 aliphatic rings. The number of hydrogen-bond donors (Lipinski definition) is 3. The highest BCUT2D eigenvalue weighted by Crippen LogP contribution is 2.20. The Kier molecular flexibility index (Phi) is 7.55. The summed E-state index contributed by atoms with van der Waals surface area (Å²) in [5.74, 6) is -0.224. The highest BCUT2D eigenvalue weighted by atomic mass is 79.9. The fraction of sp³-hybridized carbons (Fsp3) is 0.500. The smallest absolute Gasteiger partial charge is 0.237 e. The maximum Gasteiger partial charge on any atom is 0.237 e. The van der Waals surface area contributed by atoms with Crippen LogP contribution in [0.1, 0.15) is 32.3 Å². The third-order valence-corrected chi connectivity index (χ3v) is 4.18. The Balaban J connectivity index is 2.41. The molecule has 0 saturated heterocycles. The molecule has 1 rings (SSSR count). The van der Waals surface area contributed by atoms with Crippen molar-refractivity contribution in [3.8, 4) is 0 Å². The summed E-state index contributed by atoms with van der Waals surface area (Å²) in [4.78, 5) is 23.7. The first-order valence-electron chi connectivity index (χ1n) is 7.44. The van der Waals surface area contributed by atoms with Gasteiger partial charge in [0.15, 0.2) is 0 Å². The first-order valence-corrected chi connectivity index (χ1v) is 8.23. The van der Waals surface area contributed by atoms with Gasteiger partial charge in [0.1, 0.15) is 0 Å². The minimum atomic E-state index is -0.527. The first kappa shape index (κ1) is 18.6. The van der Waals surface area contributed by atoms with E-state index in [2.05, 4.69) is 26.6 Å². The molecule has 6 heteroatoms. The van der Waals surface area contributed by atoms with E-state index in [1.807, 2.05) is 39.0 Å². The van der Waals surface area contributed by atoms with Gasteiger partial charge in [-0.1, -0.05) is 42.3 Å². The van der Waals surface area contributed by atoms with Crippen LogP contribution in [-0.2, 0) is 9.59 Å². The van der Waals surface area contributed by atoms with E-state index in [4.69, 9.17) is 5.73 Å². The lowest BCUT2D eigenvalue weighted by molar-refractivity contribution is -0.123. The molecule has 4 N–H and O–H groups in total. The van der Waals surface area contributed by atoms with E-state index in [9.17, 15) is 9.59 Å². The number of aryl methyl sites for hydroxylation is 1. The van der Waals surface area contributed by atoms with Crippen LogP contribution in [0.2, 0.25) is 0 Å². The molecule has 2 unspecified atom stereocenters. The van der Waals surface area contributed by atoms with Crippen LogP contribution in [0.5, 0.6) is 0 Å². The predicted octanol–water partition coefficient (Wildman–Crippen LogP) is 2.58. The van der Waals surface area contributed by atoms with Crippen LogP contribution in [0.3, 0.4) is 0 Å². The fourth-order valence-corrected chi connectivity index (χ4v) is 2.23. The molecule has 122 valence electrons. The topological polar surface area (TPSA) is 84.2 Å². The quantitative estimate of drug-likeness (QED) is 0.690. The van der Waals surface area contributed by atoms with E-state index >= 15 is 0 Å². The zero-order valence-corrected chi connectivity index (χ0v) is 14.9. The Morgan fingerprint density at radius 2 is 2.05 bits per heavy atom. The molecule has 0 fully saturated rings. The van der Waals surface area contributed by atoms with Crippen molar-refractivity contribution < 1.29 is 9.59 Å². The summed E-state index contributed by atoms with van der Waals surface area (Å²) in [6.45, 7) is 6.13. The van der Waals surface area contributed by atoms with Crippen LogP contribution < -0.4 is 16.4 Å². The number of carbonyl (C=O) groups excluding carboxylic acids is 2. The molecule has 0 heterocycles. The molecule has 2 amide bonds. The Bertz CT molecular complexity index is 534. The van der Waals surface area contributed by atoms with Crippen LogP contribution in [-0.4, -0.2) is 24.4 Å². The van der Waals surface area contributed by atoms with Gasteiger partial charge in [0, 0.05) is 23.1 Å². The van der Waals surface area contributed by atoms with Crippen molar-refractivity contribution in [1.29, 1.82) is 0 Å². The summed E-state index contributed by atoms with van der Waals surface area (Å²) >= 11 is 3.37. The van der Waals surface area contributed by atoms with Crippen molar-refractivity contribution in [2.75, 3.05) is 11.9 Å². The lowest BCUT2D eigenvalue weighted by atomic mass is 9.99. The lowest BCUT2D eigenvalue weighted by Crippen LogP contribution is -2.45. The van der Waals surface area contributed by atoms with Crippen LogP contribution in [0.4, 0.5) is 5.69 Å². The van der Waals surface area contributed by atoms with Crippen molar-refractivity contribution in [2.45, 2.75) is 39.7 Å². The molecule has 0 spiro atoms. The summed E-state index contributed by atoms with van der Waals surface area (Å²) in [6, 6.07) is 5.17. The number of rotatable bonds is 7. The second-order valence-electron chi connectivity index (χ2n) is 5.46. The maximum atomic E-state index is 11.9. The van der Waals surface area contributed by atoms with E-state index in [0.29, 0.717) is 0 Å². The summed E-state index contributed by atoms with van der Waals surface area (Å²) < 4.78 is 0.904. The molecule has 0 aliphatic carbocycles. The maximum absolute atomic E-state index is 11.9. The van der Waals surface area contributed by atoms with Crippen LogP contribution in [0.15, 0.2) is 22.7 Å². The molecule has 1 aromatic carbocycles. The average Bonchev–Trinajstić information content (AvgIpc) is 2.49. The van der Waals surface area contributed by atoms with Crippen LogP contribution >= 0.6 is 15.9 Å². The summed E-state index contributed by atoms with van der Waals surface area (Å²) in [7, 11) is 0. The zero-order valence-electron chi connectivity index (χ0n) is 13.3. The van der Waals surface area contributed by atoms with Crippen LogP contribution in [0.25, 0.3) is 0 Å². The lowest BCUT2D eigenvalue weighted by Gasteiger charge is -2.17. The number of nitrogens with two attached hydrogens (primary N) is 1. The minimum absolute atomic E-state index is 0.123. The Morgan fingerprint density at radius 1 is 1.36 bits per heavy atom. The first-order chi connectivity index (χ1) is 10.3. The molecule has 0 aromatic heterocycles. The Labute approximate surface area is 140 Å². The number of nitrogens with one attached hydrogen (secondary N) is 2. The number of amides is 2. The molecule has 0 aliphatic heterocycles. The van der Waals surface area contributed by atoms with Crippen molar-refractivity contribution in [3.63, 3.8) is 0 Å². The molecule has 22 heavy (non-hydrogen) atoms. The second-order valence-corrected chi connectivity index (χ2v) is 6.38. The molecule has 0 bridgehead atoms. The monoisotopic (exact) mass is 369 g/mol. The zero-order chi connectivity index (χ0) is 16.7. The van der Waals surface area contributed by atoms with Gasteiger partial charge in [-0.05, 0) is 30.5 Å². The number of anilines is 1. The molecule has 5 nitrogen and oxygen atoms in total. The average molecular weight is 370 g/mol. The van der Waals surface area contributed by atoms with Gasteiger partial charge in [0.05, 0.1) is 6.04 Å². The number of hydrogen-bond acceptors (Lipinski definition) is 3. The van der Waals surface area contributed by atoms with Crippen molar-refractivity contribution in [3.05, 3.63) is 28.2 Å². The normalized spacial score (nSPS) is 13.3. The molecule has 0 saturated carbocycles. The van der Waals surface area contributed by atoms with Gasteiger partial charge in [0.25, 0.3) is 0 Å². The minimum Gasteiger partial charge on any atom is -0.354 e. The van der Waals surface area contributed by atoms with Gasteiger partial charge >= 0.3 is 0 Å². The van der Waals surface area contributed by atoms with Crippen molar-refractivity contribution in [2.24, 2.45) is 11.7 Å². The molecule has 1 aromatic rings. The molecular formula is C16H24BrN3O2. The number of carbonyl (C=O) groups is 2. The third kappa shape index (κ3) is 5.77. The molecular weight excluding hydrogens is 346 g/mol. The number of halogens is 1. The second kappa shape index (κ2) is 8.90. The van der Waals surface area contributed by atoms with Gasteiger partial charge < -0.3 is 16.4 Å². The Hall–Kier alpha value is -1.40. The largest absolute Gasteiger partial charge is 0.354 e. The van der Waals surface area contributed by atoms with E-state index in [1.54, 1.807) is 0 Å². The van der Waals surface area contributed by atoms with Gasteiger partial charge in [-0.3, -0.25) is 9.59 Å². The van der Waals surface area contributed by atoms with E-state index in [1.165, 1.54) is 0 Å². The third-order valence-electron chi connectivity index (χ3n) is 3.68. The Morgan fingerprint density at radius 3 is 2.68 bits per heavy atom. The SMILES string of the molecule is CCC(C)C(N)C(=O)NCCC(=O)Nc1cc(Br)ccc1C. The van der Waals surface area contributed by atoms with Crippen molar-refractivity contribution in [1.82, 2.24) is 5.32 Å². The number of benzene rings is 1. The summed E-state index contributed by atoms with van der Waals surface area (Å²) in [5, 5.41) is 5.54. The summed E-state index contributed by atoms with van der Waals surface area (Å²) in [5.41, 5.74) is 7.58. The highest BCUT2D eigenvalue weighted by molar-refractivity contribution is 9.10. The molecule has 0 radical (unpaired) electrons. The van der Waals surface area contributed by atoms with Gasteiger partial charge in [-0.2, -0.15) is 0 Å². The van der Waals surface area contributed by atoms with E-state index < -0.39 is 6.04 Å². The van der Waals surface area contributed by atoms with Crippen LogP contribution in [0, 0.1) is 12.8 Å². The van der Waals surface area contributed by atoms with Crippen molar-refractivity contribution >= 4 is 33.4 Å². The summed E-state index contributed by atoms with van der Waals surface area (Å²) in [6.07, 6.45) is 1.06. The van der Waals surface area contributed by atoms with E-state index in [0.717, 1.165) is 22.1 Å². The fourth-order valence-electron chi connectivity index (χ4n) is 1.87. The van der Waals surface area contributed by atoms with Gasteiger partial charge in [0.2, 0.25) is 11.8 Å². The molecule has 2 atom stereocenters. The van der Waals surface area contributed by atoms with E-state index in [-0.39, 0.29) is 30.7 Å². The van der Waals surface area contributed by atoms with Gasteiger partial charge in [-0.25, -0.2) is 0 Å². The standard InChI is InChI=1S/C16H24BrN3O2/c1-4-10(2)15(18)16(22)19-8-7-14(21)20-13-9-12(17)6-5-11(13)3/h5-6,9-10,15H,4,7-8,18H2,1-3H3,(H,19,22)(H,20,21).